The fraction of sp³-hybridized carbons (Fsp3) is 0.588. The fourth-order valence-corrected chi connectivity index (χ4v) is 3.47. The van der Waals surface area contributed by atoms with Crippen molar-refractivity contribution in [2.75, 3.05) is 31.9 Å². The van der Waals surface area contributed by atoms with Crippen molar-refractivity contribution >= 4 is 11.6 Å². The van der Waals surface area contributed by atoms with E-state index in [2.05, 4.69) is 9.80 Å². The van der Waals surface area contributed by atoms with E-state index in [4.69, 9.17) is 5.73 Å². The minimum atomic E-state index is 0.300. The number of benzene rings is 1. The van der Waals surface area contributed by atoms with Crippen LogP contribution in [0.15, 0.2) is 24.3 Å². The number of carbonyl (C=O) groups excluding carboxylic acids is 1. The second kappa shape index (κ2) is 6.48. The number of amides is 1. The lowest BCUT2D eigenvalue weighted by Gasteiger charge is -2.23. The van der Waals surface area contributed by atoms with E-state index in [-0.39, 0.29) is 0 Å². The molecule has 21 heavy (non-hydrogen) atoms. The summed E-state index contributed by atoms with van der Waals surface area (Å²) >= 11 is 0. The number of hydrogen-bond donors (Lipinski definition) is 1. The number of nitrogens with zero attached hydrogens (tertiary/aromatic N) is 2. The third kappa shape index (κ3) is 3.56. The molecule has 0 aromatic heterocycles. The molecule has 2 aliphatic rings. The monoisotopic (exact) mass is 287 g/mol. The van der Waals surface area contributed by atoms with E-state index in [1.165, 1.54) is 31.5 Å². The first-order chi connectivity index (χ1) is 10.2. The summed E-state index contributed by atoms with van der Waals surface area (Å²) in [7, 11) is 0. The van der Waals surface area contributed by atoms with E-state index in [1.807, 2.05) is 24.3 Å². The van der Waals surface area contributed by atoms with Gasteiger partial charge in [0.05, 0.1) is 0 Å². The van der Waals surface area contributed by atoms with Crippen LogP contribution in [0.25, 0.3) is 0 Å². The molecule has 114 valence electrons. The zero-order chi connectivity index (χ0) is 14.7. The molecule has 4 heteroatoms. The zero-order valence-corrected chi connectivity index (χ0v) is 12.6. The van der Waals surface area contributed by atoms with Crippen molar-refractivity contribution in [1.29, 1.82) is 0 Å². The van der Waals surface area contributed by atoms with Gasteiger partial charge in [-0.05, 0) is 56.5 Å². The lowest BCUT2D eigenvalue weighted by atomic mass is 10.1. The quantitative estimate of drug-likeness (QED) is 0.861. The average molecular weight is 287 g/mol. The van der Waals surface area contributed by atoms with Crippen molar-refractivity contribution in [3.63, 3.8) is 0 Å². The van der Waals surface area contributed by atoms with Gasteiger partial charge in [0.15, 0.2) is 0 Å². The highest BCUT2D eigenvalue weighted by Crippen LogP contribution is 2.21. The van der Waals surface area contributed by atoms with Crippen LogP contribution in [0.1, 0.15) is 31.2 Å². The van der Waals surface area contributed by atoms with Crippen molar-refractivity contribution < 1.29 is 4.79 Å². The highest BCUT2D eigenvalue weighted by molar-refractivity contribution is 5.76. The van der Waals surface area contributed by atoms with Crippen molar-refractivity contribution in [3.8, 4) is 0 Å². The molecule has 2 fully saturated rings. The van der Waals surface area contributed by atoms with Crippen LogP contribution in [0.5, 0.6) is 0 Å². The van der Waals surface area contributed by atoms with E-state index in [1.54, 1.807) is 0 Å². The van der Waals surface area contributed by atoms with Gasteiger partial charge in [0.1, 0.15) is 0 Å². The second-order valence-electron chi connectivity index (χ2n) is 6.27. The minimum Gasteiger partial charge on any atom is -0.399 e. The molecule has 0 aliphatic carbocycles. The number of nitrogens with two attached hydrogens (primary N) is 1. The minimum absolute atomic E-state index is 0.300. The summed E-state index contributed by atoms with van der Waals surface area (Å²) < 4.78 is 0. The molecule has 0 spiro atoms. The van der Waals surface area contributed by atoms with Crippen LogP contribution >= 0.6 is 0 Å². The Bertz CT molecular complexity index is 479. The third-order valence-corrected chi connectivity index (χ3v) is 4.78. The number of carbonyl (C=O) groups is 1. The lowest BCUT2D eigenvalue weighted by molar-refractivity contribution is -0.130. The molecule has 2 saturated heterocycles. The van der Waals surface area contributed by atoms with Crippen molar-refractivity contribution in [3.05, 3.63) is 29.8 Å². The van der Waals surface area contributed by atoms with Crippen molar-refractivity contribution in [2.24, 2.45) is 0 Å². The summed E-state index contributed by atoms with van der Waals surface area (Å²) in [6, 6.07) is 8.44. The predicted octanol–water partition coefficient (Wildman–Crippen LogP) is 1.90. The highest BCUT2D eigenvalue weighted by Gasteiger charge is 2.31. The number of nitrogen functional groups attached to an aromatic ring is 1. The van der Waals surface area contributed by atoms with Gasteiger partial charge in [-0.1, -0.05) is 12.1 Å². The predicted molar refractivity (Wildman–Crippen MR) is 85.0 cm³/mol. The molecular formula is C17H25N3O. The molecular weight excluding hydrogens is 262 g/mol. The summed E-state index contributed by atoms with van der Waals surface area (Å²) in [6.45, 7) is 4.30. The maximum Gasteiger partial charge on any atom is 0.222 e. The summed E-state index contributed by atoms with van der Waals surface area (Å²) in [5, 5.41) is 0. The van der Waals surface area contributed by atoms with Crippen LogP contribution in [0.4, 0.5) is 5.69 Å². The molecule has 0 bridgehead atoms. The van der Waals surface area contributed by atoms with Gasteiger partial charge in [0.2, 0.25) is 5.91 Å². The number of rotatable bonds is 4. The van der Waals surface area contributed by atoms with Gasteiger partial charge in [-0.3, -0.25) is 9.69 Å². The maximum atomic E-state index is 12.3. The largest absolute Gasteiger partial charge is 0.399 e. The SMILES string of the molecule is Nc1ccc(CCC(=O)N2CCC(N3CCCC3)C2)cc1. The smallest absolute Gasteiger partial charge is 0.222 e. The average Bonchev–Trinajstić information content (AvgIpc) is 3.17. The Balaban J connectivity index is 1.46. The van der Waals surface area contributed by atoms with E-state index in [9.17, 15) is 4.79 Å². The molecule has 0 saturated carbocycles. The van der Waals surface area contributed by atoms with Gasteiger partial charge in [-0.15, -0.1) is 0 Å². The Kier molecular flexibility index (Phi) is 4.44. The van der Waals surface area contributed by atoms with Gasteiger partial charge in [-0.25, -0.2) is 0 Å². The summed E-state index contributed by atoms with van der Waals surface area (Å²) in [6.07, 6.45) is 5.21. The summed E-state index contributed by atoms with van der Waals surface area (Å²) in [4.78, 5) is 16.9. The molecule has 2 aliphatic heterocycles. The molecule has 1 unspecified atom stereocenters. The van der Waals surface area contributed by atoms with Crippen LogP contribution in [0, 0.1) is 0 Å². The number of hydrogen-bond acceptors (Lipinski definition) is 3. The Labute approximate surface area is 126 Å². The van der Waals surface area contributed by atoms with Gasteiger partial charge >= 0.3 is 0 Å². The lowest BCUT2D eigenvalue weighted by Crippen LogP contribution is -2.37. The van der Waals surface area contributed by atoms with Crippen molar-refractivity contribution in [1.82, 2.24) is 9.80 Å². The molecule has 0 radical (unpaired) electrons. The summed E-state index contributed by atoms with van der Waals surface area (Å²) in [5.41, 5.74) is 7.64. The molecule has 2 heterocycles. The van der Waals surface area contributed by atoms with Crippen LogP contribution in [0.3, 0.4) is 0 Å². The van der Waals surface area contributed by atoms with Crippen LogP contribution in [0.2, 0.25) is 0 Å². The number of likely N-dealkylation sites (tertiary alicyclic amines) is 2. The van der Waals surface area contributed by atoms with Crippen molar-refractivity contribution in [2.45, 2.75) is 38.1 Å². The zero-order valence-electron chi connectivity index (χ0n) is 12.6. The molecule has 1 aromatic rings. The number of anilines is 1. The first kappa shape index (κ1) is 14.4. The van der Waals surface area contributed by atoms with E-state index in [0.29, 0.717) is 18.4 Å². The van der Waals surface area contributed by atoms with Crippen LogP contribution in [-0.2, 0) is 11.2 Å². The molecule has 1 amide bonds. The first-order valence-electron chi connectivity index (χ1n) is 8.08. The molecule has 1 atom stereocenters. The molecule has 4 nitrogen and oxygen atoms in total. The fourth-order valence-electron chi connectivity index (χ4n) is 3.47. The summed E-state index contributed by atoms with van der Waals surface area (Å²) in [5.74, 6) is 0.300. The molecule has 1 aromatic carbocycles. The Morgan fingerprint density at radius 3 is 2.57 bits per heavy atom. The van der Waals surface area contributed by atoms with Gasteiger partial charge in [0.25, 0.3) is 0 Å². The highest BCUT2D eigenvalue weighted by atomic mass is 16.2. The maximum absolute atomic E-state index is 12.3. The molecule has 3 rings (SSSR count). The van der Waals surface area contributed by atoms with Gasteiger partial charge in [-0.2, -0.15) is 0 Å². The topological polar surface area (TPSA) is 49.6 Å². The van der Waals surface area contributed by atoms with Gasteiger partial charge < -0.3 is 10.6 Å². The van der Waals surface area contributed by atoms with Gasteiger partial charge in [0, 0.05) is 31.2 Å². The Hall–Kier alpha value is -1.55. The molecule has 2 N–H and O–H groups in total. The normalized spacial score (nSPS) is 22.9. The van der Waals surface area contributed by atoms with Crippen LogP contribution in [-0.4, -0.2) is 47.9 Å². The Morgan fingerprint density at radius 1 is 1.14 bits per heavy atom. The van der Waals surface area contributed by atoms with E-state index < -0.39 is 0 Å². The van der Waals surface area contributed by atoms with E-state index >= 15 is 0 Å². The van der Waals surface area contributed by atoms with E-state index in [0.717, 1.165) is 31.6 Å². The first-order valence-corrected chi connectivity index (χ1v) is 8.08. The Morgan fingerprint density at radius 2 is 1.86 bits per heavy atom. The standard InChI is InChI=1S/C17H25N3O/c18-15-6-3-14(4-7-15)5-8-17(21)20-12-9-16(13-20)19-10-1-2-11-19/h3-4,6-7,16H,1-2,5,8-13,18H2. The third-order valence-electron chi connectivity index (χ3n) is 4.78. The van der Waals surface area contributed by atoms with Crippen LogP contribution < -0.4 is 5.73 Å². The second-order valence-corrected chi connectivity index (χ2v) is 6.27. The number of aryl methyl sites for hydroxylation is 1.